The third-order valence-corrected chi connectivity index (χ3v) is 7.11. The lowest BCUT2D eigenvalue weighted by molar-refractivity contribution is -0.137. The largest absolute Gasteiger partial charge is 0.416 e. The van der Waals surface area contributed by atoms with Crippen molar-refractivity contribution in [3.63, 3.8) is 0 Å². The van der Waals surface area contributed by atoms with E-state index in [4.69, 9.17) is 17.3 Å². The van der Waals surface area contributed by atoms with Crippen molar-refractivity contribution in [3.05, 3.63) is 75.9 Å². The summed E-state index contributed by atoms with van der Waals surface area (Å²) in [6.07, 6.45) is -1.42. The maximum Gasteiger partial charge on any atom is 0.416 e. The summed E-state index contributed by atoms with van der Waals surface area (Å²) < 4.78 is 40.2. The highest BCUT2D eigenvalue weighted by atomic mass is 35.5. The van der Waals surface area contributed by atoms with Crippen LogP contribution in [0.3, 0.4) is 0 Å². The Hall–Kier alpha value is -2.84. The summed E-state index contributed by atoms with van der Waals surface area (Å²) >= 11 is 6.33. The second kappa shape index (κ2) is 10.4. The van der Waals surface area contributed by atoms with Crippen LogP contribution in [0.2, 0.25) is 5.02 Å². The summed E-state index contributed by atoms with van der Waals surface area (Å²) in [5, 5.41) is 7.55. The second-order valence-electron chi connectivity index (χ2n) is 9.35. The molecule has 0 radical (unpaired) electrons. The van der Waals surface area contributed by atoms with Gasteiger partial charge in [-0.3, -0.25) is 9.89 Å². The fourth-order valence-corrected chi connectivity index (χ4v) is 5.30. The number of carbonyl (C=O) groups is 1. The number of benzene rings is 2. The fraction of sp³-hybridized carbons (Fsp3) is 0.385. The molecule has 0 bridgehead atoms. The number of hydrogen-bond acceptors (Lipinski definition) is 3. The Morgan fingerprint density at radius 3 is 2.46 bits per heavy atom. The van der Waals surface area contributed by atoms with Gasteiger partial charge >= 0.3 is 6.18 Å². The molecule has 3 N–H and O–H groups in total. The van der Waals surface area contributed by atoms with Crippen LogP contribution in [0.4, 0.5) is 13.2 Å². The summed E-state index contributed by atoms with van der Waals surface area (Å²) in [7, 11) is 2.05. The Morgan fingerprint density at radius 1 is 1.14 bits per heavy atom. The van der Waals surface area contributed by atoms with Crippen LogP contribution in [0.25, 0.3) is 11.3 Å². The van der Waals surface area contributed by atoms with Crippen LogP contribution >= 0.6 is 11.6 Å². The van der Waals surface area contributed by atoms with Crippen molar-refractivity contribution in [2.24, 2.45) is 11.7 Å². The van der Waals surface area contributed by atoms with Crippen molar-refractivity contribution in [2.45, 2.75) is 44.3 Å². The number of halogens is 4. The smallest absolute Gasteiger partial charge is 0.366 e. The van der Waals surface area contributed by atoms with E-state index in [0.29, 0.717) is 24.3 Å². The van der Waals surface area contributed by atoms with E-state index in [1.807, 2.05) is 30.3 Å². The molecule has 3 aromatic rings. The van der Waals surface area contributed by atoms with Crippen LogP contribution in [0, 0.1) is 5.92 Å². The number of nitrogens with one attached hydrogen (secondary N) is 1. The Balaban J connectivity index is 1.36. The molecule has 35 heavy (non-hydrogen) atoms. The summed E-state index contributed by atoms with van der Waals surface area (Å²) in [5.74, 6) is -0.662. The van der Waals surface area contributed by atoms with Crippen LogP contribution in [0.1, 0.15) is 58.8 Å². The van der Waals surface area contributed by atoms with Crippen molar-refractivity contribution in [2.75, 3.05) is 13.6 Å². The molecule has 1 fully saturated rings. The molecule has 1 heterocycles. The molecule has 0 saturated heterocycles. The average molecular weight is 505 g/mol. The van der Waals surface area contributed by atoms with E-state index in [-0.39, 0.29) is 16.5 Å². The number of H-pyrrole nitrogens is 1. The predicted octanol–water partition coefficient (Wildman–Crippen LogP) is 6.25. The maximum absolute atomic E-state index is 13.4. The Kier molecular flexibility index (Phi) is 7.52. The molecule has 4 rings (SSSR count). The molecule has 1 aliphatic rings. The van der Waals surface area contributed by atoms with Crippen LogP contribution in [-0.2, 0) is 12.7 Å². The number of hydrogen-bond donors (Lipinski definition) is 2. The van der Waals surface area contributed by atoms with E-state index >= 15 is 0 Å². The van der Waals surface area contributed by atoms with Gasteiger partial charge in [-0.25, -0.2) is 0 Å². The van der Waals surface area contributed by atoms with Gasteiger partial charge in [0, 0.05) is 24.3 Å². The van der Waals surface area contributed by atoms with Gasteiger partial charge in [0.05, 0.1) is 21.8 Å². The van der Waals surface area contributed by atoms with Crippen molar-refractivity contribution in [1.82, 2.24) is 15.1 Å². The van der Waals surface area contributed by atoms with E-state index in [2.05, 4.69) is 28.2 Å². The third kappa shape index (κ3) is 6.05. The maximum atomic E-state index is 13.4. The molecule has 0 spiro atoms. The lowest BCUT2D eigenvalue weighted by Gasteiger charge is -2.32. The standard InChI is InChI=1S/C26H28ClF3N4O/c1-34(15-20-13-23(33-32-20)18-5-3-2-4-6-18)14-16-7-9-17(10-8-16)21-11-19(26(28,29)30)12-22(24(21)27)25(31)35/h2-6,11-13,16-17H,7-10,14-15H2,1H3,(H2,31,35)(H,32,33). The van der Waals surface area contributed by atoms with E-state index in [1.165, 1.54) is 0 Å². The number of rotatable bonds is 7. The molecule has 0 aliphatic heterocycles. The first-order valence-electron chi connectivity index (χ1n) is 11.6. The van der Waals surface area contributed by atoms with Gasteiger partial charge in [0.2, 0.25) is 5.91 Å². The van der Waals surface area contributed by atoms with Crippen molar-refractivity contribution < 1.29 is 18.0 Å². The molecule has 1 aromatic heterocycles. The molecule has 186 valence electrons. The second-order valence-corrected chi connectivity index (χ2v) is 9.73. The van der Waals surface area contributed by atoms with Crippen LogP contribution in [-0.4, -0.2) is 34.6 Å². The number of nitrogens with two attached hydrogens (primary N) is 1. The van der Waals surface area contributed by atoms with Gasteiger partial charge in [0.1, 0.15) is 0 Å². The Labute approximate surface area is 207 Å². The van der Waals surface area contributed by atoms with E-state index in [9.17, 15) is 18.0 Å². The number of nitrogens with zero attached hydrogens (tertiary/aromatic N) is 2. The quantitative estimate of drug-likeness (QED) is 0.399. The van der Waals surface area contributed by atoms with E-state index in [1.54, 1.807) is 0 Å². The predicted molar refractivity (Wildman–Crippen MR) is 130 cm³/mol. The minimum absolute atomic E-state index is 0.0412. The highest BCUT2D eigenvalue weighted by Crippen LogP contribution is 2.42. The number of alkyl halides is 3. The van der Waals surface area contributed by atoms with Gasteiger partial charge in [0.15, 0.2) is 0 Å². The Morgan fingerprint density at radius 2 is 1.83 bits per heavy atom. The van der Waals surface area contributed by atoms with Crippen molar-refractivity contribution in [3.8, 4) is 11.3 Å². The van der Waals surface area contributed by atoms with Gasteiger partial charge in [-0.2, -0.15) is 18.3 Å². The number of aromatic amines is 1. The van der Waals surface area contributed by atoms with Gasteiger partial charge in [-0.05, 0) is 68.3 Å². The third-order valence-electron chi connectivity index (χ3n) is 6.69. The molecular weight excluding hydrogens is 477 g/mol. The van der Waals surface area contributed by atoms with Crippen LogP contribution < -0.4 is 5.73 Å². The van der Waals surface area contributed by atoms with E-state index < -0.39 is 17.6 Å². The molecule has 1 amide bonds. The zero-order valence-corrected chi connectivity index (χ0v) is 20.2. The summed E-state index contributed by atoms with van der Waals surface area (Å²) in [6.45, 7) is 1.59. The summed E-state index contributed by atoms with van der Waals surface area (Å²) in [6, 6.07) is 13.8. The van der Waals surface area contributed by atoms with Gasteiger partial charge in [0.25, 0.3) is 0 Å². The minimum Gasteiger partial charge on any atom is -0.366 e. The molecule has 2 aromatic carbocycles. The number of carbonyl (C=O) groups excluding carboxylic acids is 1. The molecule has 5 nitrogen and oxygen atoms in total. The first kappa shape index (κ1) is 25.3. The highest BCUT2D eigenvalue weighted by molar-refractivity contribution is 6.34. The lowest BCUT2D eigenvalue weighted by Crippen LogP contribution is -2.28. The van der Waals surface area contributed by atoms with Gasteiger partial charge in [-0.1, -0.05) is 41.9 Å². The molecule has 9 heteroatoms. The molecule has 0 unspecified atom stereocenters. The molecular formula is C26H28ClF3N4O. The first-order valence-corrected chi connectivity index (χ1v) is 12.0. The zero-order chi connectivity index (χ0) is 25.2. The zero-order valence-electron chi connectivity index (χ0n) is 19.4. The fourth-order valence-electron chi connectivity index (χ4n) is 4.94. The van der Waals surface area contributed by atoms with Crippen LogP contribution in [0.5, 0.6) is 0 Å². The number of aromatic nitrogens is 2. The lowest BCUT2D eigenvalue weighted by atomic mass is 9.77. The summed E-state index contributed by atoms with van der Waals surface area (Å²) in [4.78, 5) is 13.9. The molecule has 1 aliphatic carbocycles. The van der Waals surface area contributed by atoms with Crippen molar-refractivity contribution in [1.29, 1.82) is 0 Å². The van der Waals surface area contributed by atoms with Crippen molar-refractivity contribution >= 4 is 17.5 Å². The minimum atomic E-state index is -4.57. The molecule has 0 atom stereocenters. The van der Waals surface area contributed by atoms with Gasteiger partial charge in [-0.15, -0.1) is 0 Å². The van der Waals surface area contributed by atoms with Gasteiger partial charge < -0.3 is 10.6 Å². The monoisotopic (exact) mass is 504 g/mol. The summed E-state index contributed by atoms with van der Waals surface area (Å²) in [5.41, 5.74) is 7.49. The normalized spacial score (nSPS) is 18.7. The topological polar surface area (TPSA) is 75.0 Å². The van der Waals surface area contributed by atoms with Crippen LogP contribution in [0.15, 0.2) is 48.5 Å². The number of amides is 1. The highest BCUT2D eigenvalue weighted by Gasteiger charge is 2.34. The van der Waals surface area contributed by atoms with E-state index in [0.717, 1.165) is 55.0 Å². The number of primary amides is 1. The SMILES string of the molecule is CN(Cc1cc(-c2ccccc2)n[nH]1)CC1CCC(c2cc(C(F)(F)F)cc(C(N)=O)c2Cl)CC1. The average Bonchev–Trinajstić information content (AvgIpc) is 3.28. The molecule has 1 saturated carbocycles. The first-order chi connectivity index (χ1) is 16.6. The Bertz CT molecular complexity index is 1170.